The van der Waals surface area contributed by atoms with Crippen molar-refractivity contribution in [1.29, 1.82) is 0 Å². The summed E-state index contributed by atoms with van der Waals surface area (Å²) in [6, 6.07) is 0. The molecular weight excluding hydrogens is 272 g/mol. The standard InChI is InChI=1S/C14H22N4O3/c19-13(20)14(6-2-1-3-7-14)10-18-12(15-16-17-18)11-5-4-8-21-9-11/h11H,1-10H2,(H,19,20). The summed E-state index contributed by atoms with van der Waals surface area (Å²) in [5.41, 5.74) is -0.710. The molecule has 1 saturated heterocycles. The van der Waals surface area contributed by atoms with Gasteiger partial charge in [0.2, 0.25) is 0 Å². The van der Waals surface area contributed by atoms with Gasteiger partial charge in [-0.25, -0.2) is 4.68 Å². The van der Waals surface area contributed by atoms with Crippen molar-refractivity contribution in [3.63, 3.8) is 0 Å². The molecule has 1 aromatic rings. The quantitative estimate of drug-likeness (QED) is 0.907. The first-order valence-electron chi connectivity index (χ1n) is 7.78. The van der Waals surface area contributed by atoms with E-state index < -0.39 is 11.4 Å². The van der Waals surface area contributed by atoms with Crippen LogP contribution in [0.5, 0.6) is 0 Å². The van der Waals surface area contributed by atoms with Crippen LogP contribution in [0.1, 0.15) is 56.7 Å². The number of hydrogen-bond acceptors (Lipinski definition) is 5. The number of aromatic nitrogens is 4. The number of carbonyl (C=O) groups is 1. The molecule has 7 heteroatoms. The molecule has 3 rings (SSSR count). The first kappa shape index (κ1) is 14.4. The third kappa shape index (κ3) is 2.92. The first-order chi connectivity index (χ1) is 10.2. The van der Waals surface area contributed by atoms with Gasteiger partial charge in [0.05, 0.1) is 18.6 Å². The van der Waals surface area contributed by atoms with Crippen molar-refractivity contribution in [2.24, 2.45) is 5.41 Å². The number of carboxylic acid groups (broad SMARTS) is 1. The van der Waals surface area contributed by atoms with Crippen molar-refractivity contribution >= 4 is 5.97 Å². The second-order valence-corrected chi connectivity index (χ2v) is 6.25. The highest BCUT2D eigenvalue weighted by Gasteiger charge is 2.41. The topological polar surface area (TPSA) is 90.1 Å². The molecular formula is C14H22N4O3. The predicted octanol–water partition coefficient (Wildman–Crippen LogP) is 1.60. The second-order valence-electron chi connectivity index (χ2n) is 6.25. The molecule has 1 saturated carbocycles. The molecule has 1 aliphatic heterocycles. The molecule has 0 bridgehead atoms. The lowest BCUT2D eigenvalue weighted by Gasteiger charge is -2.33. The van der Waals surface area contributed by atoms with Crippen LogP contribution in [0, 0.1) is 5.41 Å². The highest BCUT2D eigenvalue weighted by atomic mass is 16.5. The lowest BCUT2D eigenvalue weighted by molar-refractivity contribution is -0.152. The maximum atomic E-state index is 11.8. The van der Waals surface area contributed by atoms with E-state index in [-0.39, 0.29) is 5.92 Å². The zero-order valence-corrected chi connectivity index (χ0v) is 12.2. The minimum atomic E-state index is -0.719. The largest absolute Gasteiger partial charge is 0.481 e. The Bertz CT molecular complexity index is 490. The van der Waals surface area contributed by atoms with E-state index in [0.29, 0.717) is 26.0 Å². The van der Waals surface area contributed by atoms with Crippen LogP contribution >= 0.6 is 0 Å². The monoisotopic (exact) mass is 294 g/mol. The van der Waals surface area contributed by atoms with Gasteiger partial charge in [0.1, 0.15) is 0 Å². The van der Waals surface area contributed by atoms with Crippen LogP contribution in [0.4, 0.5) is 0 Å². The third-order valence-corrected chi connectivity index (χ3v) is 4.80. The number of ether oxygens (including phenoxy) is 1. The van der Waals surface area contributed by atoms with Gasteiger partial charge in [0, 0.05) is 12.5 Å². The van der Waals surface area contributed by atoms with E-state index in [1.54, 1.807) is 4.68 Å². The summed E-state index contributed by atoms with van der Waals surface area (Å²) in [5, 5.41) is 21.6. The summed E-state index contributed by atoms with van der Waals surface area (Å²) in [6.07, 6.45) is 6.48. The Morgan fingerprint density at radius 1 is 1.33 bits per heavy atom. The molecule has 0 amide bonds. The van der Waals surface area contributed by atoms with Crippen molar-refractivity contribution in [2.45, 2.75) is 57.4 Å². The normalized spacial score (nSPS) is 25.6. The van der Waals surface area contributed by atoms with Crippen molar-refractivity contribution in [3.05, 3.63) is 5.82 Å². The Kier molecular flexibility index (Phi) is 4.19. The van der Waals surface area contributed by atoms with Gasteiger partial charge in [-0.05, 0) is 36.1 Å². The van der Waals surface area contributed by atoms with Gasteiger partial charge < -0.3 is 9.84 Å². The Morgan fingerprint density at radius 3 is 2.81 bits per heavy atom. The molecule has 1 unspecified atom stereocenters. The van der Waals surface area contributed by atoms with Gasteiger partial charge in [0.25, 0.3) is 0 Å². The van der Waals surface area contributed by atoms with E-state index in [0.717, 1.165) is 44.5 Å². The summed E-state index contributed by atoms with van der Waals surface area (Å²) >= 11 is 0. The minimum Gasteiger partial charge on any atom is -0.481 e. The Labute approximate surface area is 123 Å². The van der Waals surface area contributed by atoms with Crippen molar-refractivity contribution in [2.75, 3.05) is 13.2 Å². The summed E-state index contributed by atoms with van der Waals surface area (Å²) in [4.78, 5) is 11.8. The number of nitrogens with zero attached hydrogens (tertiary/aromatic N) is 4. The van der Waals surface area contributed by atoms with Crippen molar-refractivity contribution < 1.29 is 14.6 Å². The van der Waals surface area contributed by atoms with Crippen molar-refractivity contribution in [3.8, 4) is 0 Å². The van der Waals surface area contributed by atoms with Gasteiger partial charge in [-0.1, -0.05) is 19.3 Å². The van der Waals surface area contributed by atoms with E-state index in [9.17, 15) is 9.90 Å². The number of hydrogen-bond donors (Lipinski definition) is 1. The fourth-order valence-corrected chi connectivity index (χ4v) is 3.52. The molecule has 1 atom stereocenters. The molecule has 2 heterocycles. The van der Waals surface area contributed by atoms with Crippen LogP contribution in [0.2, 0.25) is 0 Å². The van der Waals surface area contributed by atoms with E-state index in [1.807, 2.05) is 0 Å². The first-order valence-corrected chi connectivity index (χ1v) is 7.78. The van der Waals surface area contributed by atoms with E-state index in [2.05, 4.69) is 15.5 Å². The average molecular weight is 294 g/mol. The number of rotatable bonds is 4. The molecule has 1 N–H and O–H groups in total. The Balaban J connectivity index is 1.80. The summed E-state index contributed by atoms with van der Waals surface area (Å²) in [7, 11) is 0. The second kappa shape index (κ2) is 6.09. The van der Waals surface area contributed by atoms with Gasteiger partial charge >= 0.3 is 5.97 Å². The molecule has 0 radical (unpaired) electrons. The molecule has 1 aromatic heterocycles. The van der Waals surface area contributed by atoms with Gasteiger partial charge in [-0.3, -0.25) is 4.79 Å². The van der Waals surface area contributed by atoms with Gasteiger partial charge in [0.15, 0.2) is 5.82 Å². The number of tetrazole rings is 1. The SMILES string of the molecule is O=C(O)C1(Cn2nnnc2C2CCCOC2)CCCCC1. The van der Waals surface area contributed by atoms with Crippen LogP contribution in [-0.4, -0.2) is 44.5 Å². The average Bonchev–Trinajstić information content (AvgIpc) is 2.97. The lowest BCUT2D eigenvalue weighted by atomic mass is 9.74. The lowest BCUT2D eigenvalue weighted by Crippen LogP contribution is -2.38. The minimum absolute atomic E-state index is 0.184. The smallest absolute Gasteiger partial charge is 0.311 e. The molecule has 2 aliphatic rings. The van der Waals surface area contributed by atoms with E-state index in [1.165, 1.54) is 0 Å². The Hall–Kier alpha value is -1.50. The summed E-state index contributed by atoms with van der Waals surface area (Å²) in [6.45, 7) is 1.79. The van der Waals surface area contributed by atoms with Gasteiger partial charge in [-0.2, -0.15) is 0 Å². The highest BCUT2D eigenvalue weighted by molar-refractivity contribution is 5.74. The van der Waals surface area contributed by atoms with E-state index >= 15 is 0 Å². The van der Waals surface area contributed by atoms with Crippen LogP contribution in [0.25, 0.3) is 0 Å². The maximum absolute atomic E-state index is 11.8. The molecule has 0 aromatic carbocycles. The molecule has 21 heavy (non-hydrogen) atoms. The molecule has 0 spiro atoms. The fourth-order valence-electron chi connectivity index (χ4n) is 3.52. The number of carboxylic acids is 1. The van der Waals surface area contributed by atoms with Crippen molar-refractivity contribution in [1.82, 2.24) is 20.2 Å². The Morgan fingerprint density at radius 2 is 2.14 bits per heavy atom. The van der Waals surface area contributed by atoms with Crippen LogP contribution in [0.15, 0.2) is 0 Å². The summed E-state index contributed by atoms with van der Waals surface area (Å²) < 4.78 is 7.21. The molecule has 1 aliphatic carbocycles. The maximum Gasteiger partial charge on any atom is 0.311 e. The fraction of sp³-hybridized carbons (Fsp3) is 0.857. The molecule has 2 fully saturated rings. The van der Waals surface area contributed by atoms with Crippen LogP contribution in [-0.2, 0) is 16.1 Å². The molecule has 7 nitrogen and oxygen atoms in total. The zero-order chi connectivity index (χ0) is 14.7. The highest BCUT2D eigenvalue weighted by Crippen LogP contribution is 2.38. The van der Waals surface area contributed by atoms with E-state index in [4.69, 9.17) is 4.74 Å². The predicted molar refractivity (Wildman–Crippen MR) is 73.8 cm³/mol. The van der Waals surface area contributed by atoms with Crippen LogP contribution in [0.3, 0.4) is 0 Å². The molecule has 116 valence electrons. The number of aliphatic carboxylic acids is 1. The van der Waals surface area contributed by atoms with Gasteiger partial charge in [-0.15, -0.1) is 5.10 Å². The van der Waals surface area contributed by atoms with Crippen LogP contribution < -0.4 is 0 Å². The third-order valence-electron chi connectivity index (χ3n) is 4.80. The summed E-state index contributed by atoms with van der Waals surface area (Å²) in [5.74, 6) is 0.243. The zero-order valence-electron chi connectivity index (χ0n) is 12.2.